The molecule has 1 aromatic heterocycles. The third-order valence-corrected chi connectivity index (χ3v) is 4.45. The van der Waals surface area contributed by atoms with Crippen molar-refractivity contribution in [1.29, 1.82) is 0 Å². The number of pyridine rings is 1. The van der Waals surface area contributed by atoms with Gasteiger partial charge in [0.05, 0.1) is 5.54 Å². The van der Waals surface area contributed by atoms with Gasteiger partial charge in [-0.25, -0.2) is 9.78 Å². The second-order valence-electron chi connectivity index (χ2n) is 6.39. The Morgan fingerprint density at radius 1 is 1.40 bits per heavy atom. The maximum Gasteiger partial charge on any atom is 0.405 e. The largest absolute Gasteiger partial charge is 0.465 e. The van der Waals surface area contributed by atoms with Gasteiger partial charge >= 0.3 is 6.09 Å². The summed E-state index contributed by atoms with van der Waals surface area (Å²) < 4.78 is 0. The minimum atomic E-state index is -1.04. The molecule has 4 nitrogen and oxygen atoms in total. The van der Waals surface area contributed by atoms with Crippen LogP contribution in [0.4, 0.5) is 4.79 Å². The van der Waals surface area contributed by atoms with Crippen LogP contribution in [0.5, 0.6) is 0 Å². The first-order chi connectivity index (χ1) is 9.23. The lowest BCUT2D eigenvalue weighted by molar-refractivity contribution is 0.182. The van der Waals surface area contributed by atoms with E-state index in [1.165, 1.54) is 12.8 Å². The highest BCUT2D eigenvalue weighted by molar-refractivity contribution is 6.29. The molecule has 1 amide bonds. The Bertz CT molecular complexity index is 523. The third kappa shape index (κ3) is 3.06. The molecule has 110 valence electrons. The van der Waals surface area contributed by atoms with Crippen molar-refractivity contribution >= 4 is 17.7 Å². The van der Waals surface area contributed by atoms with E-state index in [0.29, 0.717) is 5.15 Å². The monoisotopic (exact) mass is 296 g/mol. The number of nitrogens with one attached hydrogen (secondary N) is 1. The number of halogens is 1. The van der Waals surface area contributed by atoms with Crippen LogP contribution in [0.1, 0.15) is 57.7 Å². The zero-order valence-corrected chi connectivity index (χ0v) is 12.9. The fourth-order valence-corrected chi connectivity index (χ4v) is 3.13. The van der Waals surface area contributed by atoms with Crippen molar-refractivity contribution in [2.45, 2.75) is 57.4 Å². The van der Waals surface area contributed by atoms with Crippen LogP contribution in [0, 0.1) is 0 Å². The molecule has 1 aromatic rings. The van der Waals surface area contributed by atoms with Crippen LogP contribution in [-0.4, -0.2) is 16.2 Å². The van der Waals surface area contributed by atoms with Crippen LogP contribution in [0.2, 0.25) is 5.15 Å². The molecule has 5 heteroatoms. The first kappa shape index (κ1) is 15.1. The lowest BCUT2D eigenvalue weighted by Gasteiger charge is -2.29. The molecule has 0 saturated heterocycles. The molecule has 0 aliphatic heterocycles. The summed E-state index contributed by atoms with van der Waals surface area (Å²) in [5.74, 6) is 0. The van der Waals surface area contributed by atoms with Crippen LogP contribution in [0.25, 0.3) is 0 Å². The molecular formula is C15H21ClN2O2. The minimum Gasteiger partial charge on any atom is -0.465 e. The van der Waals surface area contributed by atoms with E-state index in [4.69, 9.17) is 16.7 Å². The Kier molecular flexibility index (Phi) is 3.96. The molecule has 20 heavy (non-hydrogen) atoms. The molecule has 0 aromatic carbocycles. The molecule has 0 atom stereocenters. The summed E-state index contributed by atoms with van der Waals surface area (Å²) in [6, 6.07) is 3.73. The molecule has 0 spiro atoms. The Balaban J connectivity index is 2.41. The summed E-state index contributed by atoms with van der Waals surface area (Å²) in [5.41, 5.74) is 1.18. The molecule has 1 aliphatic rings. The zero-order chi connectivity index (χ0) is 15.0. The molecule has 1 aliphatic carbocycles. The molecule has 1 saturated carbocycles. The Morgan fingerprint density at radius 3 is 2.55 bits per heavy atom. The smallest absolute Gasteiger partial charge is 0.405 e. The second-order valence-corrected chi connectivity index (χ2v) is 6.77. The second kappa shape index (κ2) is 5.24. The Morgan fingerprint density at radius 2 is 2.00 bits per heavy atom. The van der Waals surface area contributed by atoms with Gasteiger partial charge in [0, 0.05) is 11.1 Å². The molecule has 2 rings (SSSR count). The van der Waals surface area contributed by atoms with Gasteiger partial charge in [-0.15, -0.1) is 0 Å². The van der Waals surface area contributed by atoms with E-state index >= 15 is 0 Å². The summed E-state index contributed by atoms with van der Waals surface area (Å²) in [7, 11) is 0. The van der Waals surface area contributed by atoms with Crippen molar-refractivity contribution in [3.05, 3.63) is 28.5 Å². The molecular weight excluding hydrogens is 276 g/mol. The van der Waals surface area contributed by atoms with Crippen LogP contribution < -0.4 is 5.32 Å². The van der Waals surface area contributed by atoms with Crippen molar-refractivity contribution in [3.63, 3.8) is 0 Å². The molecule has 0 unspecified atom stereocenters. The summed E-state index contributed by atoms with van der Waals surface area (Å²) in [6.07, 6.45) is 3.57. The van der Waals surface area contributed by atoms with Crippen molar-refractivity contribution < 1.29 is 9.90 Å². The summed E-state index contributed by atoms with van der Waals surface area (Å²) >= 11 is 6.15. The van der Waals surface area contributed by atoms with Gasteiger partial charge in [-0.2, -0.15) is 0 Å². The molecule has 1 heterocycles. The molecule has 2 N–H and O–H groups in total. The molecule has 0 bridgehead atoms. The SMILES string of the molecule is CC1(c2cc(C(C)(C)NC(=O)O)cc(Cl)n2)CCCC1. The quantitative estimate of drug-likeness (QED) is 0.827. The van der Waals surface area contributed by atoms with Gasteiger partial charge in [0.2, 0.25) is 0 Å². The maximum absolute atomic E-state index is 10.9. The lowest BCUT2D eigenvalue weighted by Crippen LogP contribution is -2.40. The molecule has 0 radical (unpaired) electrons. The number of aromatic nitrogens is 1. The summed E-state index contributed by atoms with van der Waals surface area (Å²) in [6.45, 7) is 5.86. The third-order valence-electron chi connectivity index (χ3n) is 4.26. The fraction of sp³-hybridized carbons (Fsp3) is 0.600. The van der Waals surface area contributed by atoms with Gasteiger partial charge < -0.3 is 10.4 Å². The lowest BCUT2D eigenvalue weighted by atomic mass is 9.82. The van der Waals surface area contributed by atoms with Gasteiger partial charge in [-0.1, -0.05) is 31.4 Å². The number of nitrogens with zero attached hydrogens (tertiary/aromatic N) is 1. The fourth-order valence-electron chi connectivity index (χ4n) is 2.92. The average Bonchev–Trinajstić information content (AvgIpc) is 2.75. The number of carboxylic acid groups (broad SMARTS) is 1. The number of carbonyl (C=O) groups is 1. The predicted molar refractivity (Wildman–Crippen MR) is 79.3 cm³/mol. The van der Waals surface area contributed by atoms with Crippen LogP contribution in [-0.2, 0) is 11.0 Å². The van der Waals surface area contributed by atoms with Crippen molar-refractivity contribution in [1.82, 2.24) is 10.3 Å². The van der Waals surface area contributed by atoms with Crippen molar-refractivity contribution in [2.24, 2.45) is 0 Å². The highest BCUT2D eigenvalue weighted by atomic mass is 35.5. The highest BCUT2D eigenvalue weighted by Gasteiger charge is 2.34. The minimum absolute atomic E-state index is 0.0545. The van der Waals surface area contributed by atoms with Gasteiger partial charge in [0.1, 0.15) is 5.15 Å². The van der Waals surface area contributed by atoms with E-state index in [1.807, 2.05) is 19.9 Å². The van der Waals surface area contributed by atoms with E-state index in [-0.39, 0.29) is 5.41 Å². The number of amides is 1. The van der Waals surface area contributed by atoms with Crippen LogP contribution >= 0.6 is 11.6 Å². The zero-order valence-electron chi connectivity index (χ0n) is 12.2. The normalized spacial score (nSPS) is 18.0. The number of rotatable bonds is 3. The van der Waals surface area contributed by atoms with E-state index < -0.39 is 11.6 Å². The van der Waals surface area contributed by atoms with Gasteiger partial charge in [-0.05, 0) is 44.4 Å². The number of hydrogen-bond donors (Lipinski definition) is 2. The van der Waals surface area contributed by atoms with Crippen molar-refractivity contribution in [2.75, 3.05) is 0 Å². The van der Waals surface area contributed by atoms with Crippen LogP contribution in [0.3, 0.4) is 0 Å². The summed E-state index contributed by atoms with van der Waals surface area (Å²) in [4.78, 5) is 15.4. The molecule has 1 fully saturated rings. The predicted octanol–water partition coefficient (Wildman–Crippen LogP) is 4.07. The standard InChI is InChI=1S/C15H21ClN2O2/c1-14(2,18-13(19)20)10-8-11(17-12(16)9-10)15(3)6-4-5-7-15/h8-9,18H,4-7H2,1-3H3,(H,19,20). The maximum atomic E-state index is 10.9. The van der Waals surface area contributed by atoms with Crippen LogP contribution in [0.15, 0.2) is 12.1 Å². The van der Waals surface area contributed by atoms with E-state index in [1.54, 1.807) is 6.07 Å². The Labute approximate surface area is 124 Å². The van der Waals surface area contributed by atoms with Gasteiger partial charge in [-0.3, -0.25) is 0 Å². The van der Waals surface area contributed by atoms with E-state index in [2.05, 4.69) is 17.2 Å². The first-order valence-corrected chi connectivity index (χ1v) is 7.30. The van der Waals surface area contributed by atoms with E-state index in [0.717, 1.165) is 24.1 Å². The van der Waals surface area contributed by atoms with E-state index in [9.17, 15) is 4.79 Å². The van der Waals surface area contributed by atoms with Gasteiger partial charge in [0.15, 0.2) is 0 Å². The topological polar surface area (TPSA) is 62.2 Å². The average molecular weight is 297 g/mol. The Hall–Kier alpha value is -1.29. The first-order valence-electron chi connectivity index (χ1n) is 6.93. The van der Waals surface area contributed by atoms with Gasteiger partial charge in [0.25, 0.3) is 0 Å². The number of hydrogen-bond acceptors (Lipinski definition) is 2. The highest BCUT2D eigenvalue weighted by Crippen LogP contribution is 2.41. The van der Waals surface area contributed by atoms with Crippen molar-refractivity contribution in [3.8, 4) is 0 Å². The summed E-state index contributed by atoms with van der Waals surface area (Å²) in [5, 5.41) is 11.9.